The van der Waals surface area contributed by atoms with Gasteiger partial charge in [0.2, 0.25) is 0 Å². The number of esters is 1. The van der Waals surface area contributed by atoms with Gasteiger partial charge in [0.05, 0.1) is 44.7 Å². The van der Waals surface area contributed by atoms with Crippen molar-refractivity contribution in [3.8, 4) is 5.75 Å². The summed E-state index contributed by atoms with van der Waals surface area (Å²) in [5, 5.41) is 0. The molecule has 2 heterocycles. The highest BCUT2D eigenvalue weighted by Crippen LogP contribution is 2.50. The fraction of sp³-hybridized carbons (Fsp3) is 0.591. The van der Waals surface area contributed by atoms with Crippen LogP contribution in [0.15, 0.2) is 84.5 Å². The lowest BCUT2D eigenvalue weighted by Crippen LogP contribution is -2.34. The van der Waals surface area contributed by atoms with Crippen molar-refractivity contribution < 1.29 is 82.7 Å². The maximum atomic E-state index is 13.4. The Hall–Kier alpha value is -3.61. The predicted octanol–water partition coefficient (Wildman–Crippen LogP) is 9.74. The standard InChI is InChI=1S/C44H59F6O12P/c1-31-19-21-56-38(23-31)16-17-40(57-26-34-12-14-35(55-5)15-13-34)41(62-42(52)27-63(53,59-28-43(45,46)47)60-29-44(48,49)50)11-7-9-37(58-30-54-4)24-32(2)22-33(3)25-39-10-6-8-36(61-39)18-20-51/h6-9,12-17,19-20,33,36-41H,2,10-11,18,21-30H2,1,3-5H3/b9-7+,17-16+/t33-,36-,37+,38+,39-,40-,41-/m0/s1. The summed E-state index contributed by atoms with van der Waals surface area (Å²) >= 11 is 0. The summed E-state index contributed by atoms with van der Waals surface area (Å²) in [4.78, 5) is 24.4. The molecule has 2 aliphatic rings. The molecule has 0 spiro atoms. The van der Waals surface area contributed by atoms with E-state index in [1.807, 2.05) is 25.2 Å². The Morgan fingerprint density at radius 2 is 1.71 bits per heavy atom. The van der Waals surface area contributed by atoms with E-state index in [1.54, 1.807) is 48.6 Å². The third-order valence-electron chi connectivity index (χ3n) is 9.56. The van der Waals surface area contributed by atoms with Crippen molar-refractivity contribution in [2.75, 3.05) is 47.0 Å². The smallest absolute Gasteiger partial charge is 0.412 e. The maximum Gasteiger partial charge on any atom is 0.412 e. The van der Waals surface area contributed by atoms with Crippen molar-refractivity contribution in [2.24, 2.45) is 5.92 Å². The van der Waals surface area contributed by atoms with E-state index < -0.39 is 69.7 Å². The first-order chi connectivity index (χ1) is 29.8. The minimum Gasteiger partial charge on any atom is -0.497 e. The highest BCUT2D eigenvalue weighted by Gasteiger charge is 2.41. The van der Waals surface area contributed by atoms with Crippen LogP contribution in [0, 0.1) is 5.92 Å². The number of hydrogen-bond donors (Lipinski definition) is 0. The first-order valence-corrected chi connectivity index (χ1v) is 22.1. The van der Waals surface area contributed by atoms with Gasteiger partial charge in [-0.05, 0) is 62.6 Å². The summed E-state index contributed by atoms with van der Waals surface area (Å²) in [6.07, 6.45) is 0.872. The molecule has 0 saturated heterocycles. The van der Waals surface area contributed by atoms with Crippen LogP contribution >= 0.6 is 7.60 Å². The summed E-state index contributed by atoms with van der Waals surface area (Å²) in [6.45, 7) is 3.98. The maximum absolute atomic E-state index is 13.4. The van der Waals surface area contributed by atoms with Crippen molar-refractivity contribution in [3.63, 3.8) is 0 Å². The van der Waals surface area contributed by atoms with Crippen molar-refractivity contribution in [1.29, 1.82) is 0 Å². The normalized spacial score (nSPS) is 20.6. The second-order valence-electron chi connectivity index (χ2n) is 15.3. The van der Waals surface area contributed by atoms with Crippen LogP contribution in [-0.4, -0.2) is 108 Å². The van der Waals surface area contributed by atoms with Crippen LogP contribution in [0.2, 0.25) is 0 Å². The number of alkyl halides is 6. The Morgan fingerprint density at radius 1 is 1.02 bits per heavy atom. The van der Waals surface area contributed by atoms with Crippen molar-refractivity contribution in [3.05, 3.63) is 90.1 Å². The lowest BCUT2D eigenvalue weighted by atomic mass is 9.91. The van der Waals surface area contributed by atoms with E-state index in [9.17, 15) is 40.5 Å². The largest absolute Gasteiger partial charge is 0.497 e. The van der Waals surface area contributed by atoms with E-state index in [-0.39, 0.29) is 44.4 Å². The Kier molecular flexibility index (Phi) is 23.0. The number of carbonyl (C=O) groups excluding carboxylic acids is 2. The van der Waals surface area contributed by atoms with E-state index in [0.717, 1.165) is 30.3 Å². The third-order valence-corrected chi connectivity index (χ3v) is 11.3. The summed E-state index contributed by atoms with van der Waals surface area (Å²) < 4.78 is 140. The van der Waals surface area contributed by atoms with Gasteiger partial charge in [-0.25, -0.2) is 0 Å². The van der Waals surface area contributed by atoms with Gasteiger partial charge in [0, 0.05) is 20.0 Å². The second-order valence-corrected chi connectivity index (χ2v) is 17.4. The van der Waals surface area contributed by atoms with E-state index in [4.69, 9.17) is 33.2 Å². The SMILES string of the molecule is C=C(C[C@H](C)C[C@@H]1CC=C[C@@H](CC=O)O1)C[C@@H](/C=C/C[C@H](OC(=O)CP(=O)(OCC(F)(F)F)OCC(F)(F)F)[C@H](/C=C/[C@@H]1CC(C)=CCO1)OCc1ccc(OC)cc1)OCOC. The summed E-state index contributed by atoms with van der Waals surface area (Å²) in [6, 6.07) is 6.88. The molecule has 1 aromatic carbocycles. The fourth-order valence-corrected chi connectivity index (χ4v) is 7.96. The van der Waals surface area contributed by atoms with Gasteiger partial charge in [0.15, 0.2) is 13.2 Å². The van der Waals surface area contributed by atoms with Gasteiger partial charge in [-0.15, -0.1) is 0 Å². The minimum atomic E-state index is -5.37. The highest BCUT2D eigenvalue weighted by molar-refractivity contribution is 7.54. The Labute approximate surface area is 365 Å². The van der Waals surface area contributed by atoms with Crippen LogP contribution in [0.3, 0.4) is 0 Å². The molecule has 2 aliphatic heterocycles. The van der Waals surface area contributed by atoms with Gasteiger partial charge in [-0.1, -0.05) is 79.3 Å². The van der Waals surface area contributed by atoms with Crippen LogP contribution < -0.4 is 4.74 Å². The second kappa shape index (κ2) is 27.0. The van der Waals surface area contributed by atoms with Crippen LogP contribution in [0.5, 0.6) is 5.75 Å². The van der Waals surface area contributed by atoms with Crippen molar-refractivity contribution in [2.45, 2.75) is 114 Å². The third kappa shape index (κ3) is 22.7. The number of methoxy groups -OCH3 is 2. The predicted molar refractivity (Wildman–Crippen MR) is 221 cm³/mol. The molecule has 3 rings (SSSR count). The summed E-state index contributed by atoms with van der Waals surface area (Å²) in [5.74, 6) is -0.720. The van der Waals surface area contributed by atoms with Crippen molar-refractivity contribution >= 4 is 19.9 Å². The average molecular weight is 925 g/mol. The Balaban J connectivity index is 1.89. The summed E-state index contributed by atoms with van der Waals surface area (Å²) in [5.41, 5.74) is 2.59. The van der Waals surface area contributed by atoms with Crippen LogP contribution in [0.4, 0.5) is 26.3 Å². The molecule has 1 aromatic rings. The van der Waals surface area contributed by atoms with Gasteiger partial charge >= 0.3 is 25.9 Å². The van der Waals surface area contributed by atoms with Gasteiger partial charge in [0.1, 0.15) is 37.2 Å². The number of carbonyl (C=O) groups is 2. The van der Waals surface area contributed by atoms with Crippen molar-refractivity contribution in [1.82, 2.24) is 0 Å². The zero-order chi connectivity index (χ0) is 46.5. The van der Waals surface area contributed by atoms with Crippen LogP contribution in [0.1, 0.15) is 64.4 Å². The molecule has 354 valence electrons. The molecule has 19 heteroatoms. The van der Waals surface area contributed by atoms with E-state index in [1.165, 1.54) is 14.2 Å². The molecule has 12 nitrogen and oxygen atoms in total. The molecule has 0 saturated carbocycles. The summed E-state index contributed by atoms with van der Waals surface area (Å²) in [7, 11) is -2.42. The molecule has 0 bridgehead atoms. The quantitative estimate of drug-likeness (QED) is 0.0198. The lowest BCUT2D eigenvalue weighted by Gasteiger charge is -2.28. The van der Waals surface area contributed by atoms with Gasteiger partial charge in [-0.2, -0.15) is 26.3 Å². The number of rotatable bonds is 28. The number of ether oxygens (including phenoxy) is 7. The highest BCUT2D eigenvalue weighted by atomic mass is 31.2. The number of halogens is 6. The first-order valence-electron chi connectivity index (χ1n) is 20.4. The number of hydrogen-bond acceptors (Lipinski definition) is 12. The Bertz CT molecular complexity index is 1710. The molecule has 0 radical (unpaired) electrons. The molecule has 0 fully saturated rings. The lowest BCUT2D eigenvalue weighted by molar-refractivity contribution is -0.167. The van der Waals surface area contributed by atoms with Gasteiger partial charge in [-0.3, -0.25) is 18.4 Å². The van der Waals surface area contributed by atoms with Crippen LogP contribution in [0.25, 0.3) is 0 Å². The number of benzene rings is 1. The molecule has 7 atom stereocenters. The molecule has 0 aromatic heterocycles. The first kappa shape index (κ1) is 53.7. The van der Waals surface area contributed by atoms with E-state index in [0.29, 0.717) is 37.2 Å². The zero-order valence-electron chi connectivity index (χ0n) is 36.0. The van der Waals surface area contributed by atoms with Crippen LogP contribution in [-0.2, 0) is 58.2 Å². The molecule has 63 heavy (non-hydrogen) atoms. The number of aldehydes is 1. The zero-order valence-corrected chi connectivity index (χ0v) is 36.9. The minimum absolute atomic E-state index is 0.0411. The average Bonchev–Trinajstić information content (AvgIpc) is 3.21. The molecular formula is C44H59F6O12P. The molecule has 0 N–H and O–H groups in total. The topological polar surface area (TPSA) is 134 Å². The molecule has 0 unspecified atom stereocenters. The molecule has 0 amide bonds. The fourth-order valence-electron chi connectivity index (χ4n) is 6.62. The van der Waals surface area contributed by atoms with E-state index >= 15 is 0 Å². The molecule has 0 aliphatic carbocycles. The molecular weight excluding hydrogens is 865 g/mol. The Morgan fingerprint density at radius 3 is 2.33 bits per heavy atom. The monoisotopic (exact) mass is 924 g/mol. The van der Waals surface area contributed by atoms with Gasteiger partial charge < -0.3 is 38.0 Å². The van der Waals surface area contributed by atoms with E-state index in [2.05, 4.69) is 22.6 Å². The van der Waals surface area contributed by atoms with Gasteiger partial charge in [0.25, 0.3) is 0 Å².